The maximum absolute atomic E-state index is 12.6. The Balaban J connectivity index is 1.11. The van der Waals surface area contributed by atoms with Crippen LogP contribution in [0.1, 0.15) is 18.7 Å². The fourth-order valence-corrected chi connectivity index (χ4v) is 3.83. The highest BCUT2D eigenvalue weighted by molar-refractivity contribution is 5.79. The summed E-state index contributed by atoms with van der Waals surface area (Å²) in [6.07, 6.45) is 4.68. The zero-order valence-electron chi connectivity index (χ0n) is 17.4. The number of nitrogens with zero attached hydrogens (tertiary/aromatic N) is 6. The number of carbonyl (C=O) groups is 1. The molecule has 0 bridgehead atoms. The van der Waals surface area contributed by atoms with E-state index in [9.17, 15) is 4.79 Å². The summed E-state index contributed by atoms with van der Waals surface area (Å²) in [6.45, 7) is 1.92. The summed E-state index contributed by atoms with van der Waals surface area (Å²) in [5.74, 6) is 2.91. The molecule has 0 radical (unpaired) electrons. The van der Waals surface area contributed by atoms with Crippen molar-refractivity contribution in [2.24, 2.45) is 5.92 Å². The SMILES string of the molecule is O=C(NCc1nc2ccccc2[nH]1)C1CCN(c2ccc(Nc3ccncn3)nn2)CC1. The normalized spacial score (nSPS) is 14.4. The number of carbonyl (C=O) groups excluding carboxylic acids is 1. The number of aromatic nitrogens is 6. The highest BCUT2D eigenvalue weighted by Gasteiger charge is 2.25. The van der Waals surface area contributed by atoms with Crippen molar-refractivity contribution < 1.29 is 4.79 Å². The average molecular weight is 429 g/mol. The van der Waals surface area contributed by atoms with Crippen LogP contribution in [0.2, 0.25) is 0 Å². The second kappa shape index (κ2) is 8.96. The minimum Gasteiger partial charge on any atom is -0.355 e. The zero-order valence-corrected chi connectivity index (χ0v) is 17.4. The molecule has 32 heavy (non-hydrogen) atoms. The van der Waals surface area contributed by atoms with E-state index in [2.05, 4.69) is 45.7 Å². The van der Waals surface area contributed by atoms with Gasteiger partial charge < -0.3 is 20.5 Å². The Morgan fingerprint density at radius 3 is 2.69 bits per heavy atom. The molecule has 0 spiro atoms. The number of fused-ring (bicyclic) bond motifs is 1. The van der Waals surface area contributed by atoms with Gasteiger partial charge in [-0.2, -0.15) is 0 Å². The molecule has 1 fully saturated rings. The summed E-state index contributed by atoms with van der Waals surface area (Å²) >= 11 is 0. The lowest BCUT2D eigenvalue weighted by Gasteiger charge is -2.31. The molecule has 4 aromatic rings. The van der Waals surface area contributed by atoms with E-state index in [1.165, 1.54) is 6.33 Å². The monoisotopic (exact) mass is 429 g/mol. The van der Waals surface area contributed by atoms with E-state index >= 15 is 0 Å². The molecule has 0 aliphatic carbocycles. The van der Waals surface area contributed by atoms with Crippen molar-refractivity contribution >= 4 is 34.4 Å². The summed E-state index contributed by atoms with van der Waals surface area (Å²) in [5, 5.41) is 14.7. The molecular formula is C22H23N9O. The molecule has 1 saturated heterocycles. The van der Waals surface area contributed by atoms with Gasteiger partial charge in [0, 0.05) is 25.2 Å². The van der Waals surface area contributed by atoms with Gasteiger partial charge in [-0.1, -0.05) is 12.1 Å². The lowest BCUT2D eigenvalue weighted by atomic mass is 9.96. The molecule has 162 valence electrons. The van der Waals surface area contributed by atoms with Crippen LogP contribution in [0.25, 0.3) is 11.0 Å². The van der Waals surface area contributed by atoms with E-state index in [0.29, 0.717) is 18.2 Å². The number of aromatic amines is 1. The quantitative estimate of drug-likeness (QED) is 0.427. The van der Waals surface area contributed by atoms with Crippen LogP contribution in [0.3, 0.4) is 0 Å². The van der Waals surface area contributed by atoms with Crippen LogP contribution in [0.5, 0.6) is 0 Å². The minimum absolute atomic E-state index is 0.0118. The van der Waals surface area contributed by atoms with E-state index in [1.54, 1.807) is 12.3 Å². The van der Waals surface area contributed by atoms with Gasteiger partial charge in [0.2, 0.25) is 5.91 Å². The lowest BCUT2D eigenvalue weighted by molar-refractivity contribution is -0.125. The van der Waals surface area contributed by atoms with E-state index in [4.69, 9.17) is 0 Å². The Bertz CT molecular complexity index is 1150. The van der Waals surface area contributed by atoms with Crippen LogP contribution in [-0.2, 0) is 11.3 Å². The van der Waals surface area contributed by atoms with Gasteiger partial charge in [0.1, 0.15) is 18.0 Å². The predicted octanol–water partition coefficient (Wildman–Crippen LogP) is 2.42. The maximum Gasteiger partial charge on any atom is 0.223 e. The number of rotatable bonds is 6. The van der Waals surface area contributed by atoms with Gasteiger partial charge >= 0.3 is 0 Å². The third-order valence-corrected chi connectivity index (χ3v) is 5.55. The molecular weight excluding hydrogens is 406 g/mol. The predicted molar refractivity (Wildman–Crippen MR) is 120 cm³/mol. The molecule has 0 unspecified atom stereocenters. The Hall–Kier alpha value is -4.08. The Morgan fingerprint density at radius 1 is 1.06 bits per heavy atom. The van der Waals surface area contributed by atoms with Crippen LogP contribution in [0.4, 0.5) is 17.5 Å². The van der Waals surface area contributed by atoms with E-state index in [0.717, 1.165) is 48.6 Å². The number of H-pyrrole nitrogens is 1. The molecule has 10 nitrogen and oxygen atoms in total. The third-order valence-electron chi connectivity index (χ3n) is 5.55. The smallest absolute Gasteiger partial charge is 0.223 e. The van der Waals surface area contributed by atoms with Crippen molar-refractivity contribution in [2.75, 3.05) is 23.3 Å². The third kappa shape index (κ3) is 4.48. The first-order valence-corrected chi connectivity index (χ1v) is 10.6. The topological polar surface area (TPSA) is 125 Å². The first-order valence-electron chi connectivity index (χ1n) is 10.6. The van der Waals surface area contributed by atoms with Crippen LogP contribution < -0.4 is 15.5 Å². The summed E-state index contributed by atoms with van der Waals surface area (Å²) in [6, 6.07) is 13.4. The molecule has 0 atom stereocenters. The molecule has 3 N–H and O–H groups in total. The molecule has 1 aliphatic rings. The second-order valence-electron chi connectivity index (χ2n) is 7.68. The van der Waals surface area contributed by atoms with Gasteiger partial charge in [-0.05, 0) is 43.2 Å². The van der Waals surface area contributed by atoms with Crippen LogP contribution in [0.15, 0.2) is 55.0 Å². The van der Waals surface area contributed by atoms with Crippen molar-refractivity contribution in [3.63, 3.8) is 0 Å². The van der Waals surface area contributed by atoms with Crippen molar-refractivity contribution in [2.45, 2.75) is 19.4 Å². The molecule has 5 rings (SSSR count). The Kier molecular flexibility index (Phi) is 5.56. The fraction of sp³-hybridized carbons (Fsp3) is 0.273. The van der Waals surface area contributed by atoms with Crippen molar-refractivity contribution in [3.8, 4) is 0 Å². The number of hydrogen-bond acceptors (Lipinski definition) is 8. The minimum atomic E-state index is -0.0118. The lowest BCUT2D eigenvalue weighted by Crippen LogP contribution is -2.40. The Morgan fingerprint density at radius 2 is 1.94 bits per heavy atom. The molecule has 1 aromatic carbocycles. The molecule has 1 aliphatic heterocycles. The molecule has 1 amide bonds. The van der Waals surface area contributed by atoms with E-state index in [-0.39, 0.29) is 11.8 Å². The fourth-order valence-electron chi connectivity index (χ4n) is 3.83. The highest BCUT2D eigenvalue weighted by Crippen LogP contribution is 2.23. The van der Waals surface area contributed by atoms with E-state index in [1.807, 2.05) is 36.4 Å². The van der Waals surface area contributed by atoms with Gasteiger partial charge in [-0.15, -0.1) is 10.2 Å². The van der Waals surface area contributed by atoms with Crippen molar-refractivity contribution in [1.82, 2.24) is 35.5 Å². The van der Waals surface area contributed by atoms with Crippen LogP contribution >= 0.6 is 0 Å². The van der Waals surface area contributed by atoms with Crippen molar-refractivity contribution in [3.05, 3.63) is 60.8 Å². The van der Waals surface area contributed by atoms with Gasteiger partial charge in [0.05, 0.1) is 17.6 Å². The summed E-state index contributed by atoms with van der Waals surface area (Å²) in [5.41, 5.74) is 1.88. The maximum atomic E-state index is 12.6. The summed E-state index contributed by atoms with van der Waals surface area (Å²) in [4.78, 5) is 30.5. The highest BCUT2D eigenvalue weighted by atomic mass is 16.1. The van der Waals surface area contributed by atoms with Gasteiger partial charge in [-0.25, -0.2) is 15.0 Å². The molecule has 3 aromatic heterocycles. The second-order valence-corrected chi connectivity index (χ2v) is 7.68. The van der Waals surface area contributed by atoms with Crippen LogP contribution in [-0.4, -0.2) is 49.1 Å². The number of nitrogens with one attached hydrogen (secondary N) is 3. The van der Waals surface area contributed by atoms with E-state index < -0.39 is 0 Å². The zero-order chi connectivity index (χ0) is 21.8. The number of piperidine rings is 1. The Labute approximate surface area is 184 Å². The molecule has 0 saturated carbocycles. The largest absolute Gasteiger partial charge is 0.355 e. The summed E-state index contributed by atoms with van der Waals surface area (Å²) in [7, 11) is 0. The molecule has 10 heteroatoms. The van der Waals surface area contributed by atoms with Gasteiger partial charge in [-0.3, -0.25) is 4.79 Å². The number of anilines is 3. The standard InChI is InChI=1S/C22H23N9O/c32-22(24-13-20-26-16-3-1-2-4-17(16)27-20)15-8-11-31(12-9-15)21-6-5-19(29-30-21)28-18-7-10-23-14-25-18/h1-7,10,14-15H,8-9,11-13H2,(H,24,32)(H,26,27)(H,23,25,28,29). The van der Waals surface area contributed by atoms with Gasteiger partial charge in [0.15, 0.2) is 11.6 Å². The average Bonchev–Trinajstić information content (AvgIpc) is 3.27. The summed E-state index contributed by atoms with van der Waals surface area (Å²) < 4.78 is 0. The first-order chi connectivity index (χ1) is 15.7. The number of para-hydroxylation sites is 2. The number of benzene rings is 1. The number of hydrogen-bond donors (Lipinski definition) is 3. The van der Waals surface area contributed by atoms with Crippen molar-refractivity contribution in [1.29, 1.82) is 0 Å². The number of imidazole rings is 1. The first kappa shape index (κ1) is 19.9. The number of amides is 1. The molecule has 4 heterocycles. The van der Waals surface area contributed by atoms with Crippen LogP contribution in [0, 0.1) is 5.92 Å². The van der Waals surface area contributed by atoms with Gasteiger partial charge in [0.25, 0.3) is 0 Å².